The highest BCUT2D eigenvalue weighted by atomic mass is 35.5. The normalized spacial score (nSPS) is 11.3. The fraction of sp³-hybridized carbons (Fsp3) is 0.400. The molecule has 0 saturated heterocycles. The molecule has 2 aromatic carbocycles. The third-order valence-corrected chi connectivity index (χ3v) is 4.52. The Labute approximate surface area is 168 Å². The molecule has 0 unspecified atom stereocenters. The standard InChI is InChI=1S/C20H22Cl2F2N2O/c1-2-3-4-5-6-7-11-27-14-12-15(21)19(16(22)13-14)25-26-20-17(23)9-8-10-18(20)24/h8-10,12-13H,2-7,11H2,1H3. The fourth-order valence-corrected chi connectivity index (χ4v) is 3.02. The molecule has 0 saturated carbocycles. The highest BCUT2D eigenvalue weighted by molar-refractivity contribution is 6.38. The second kappa shape index (κ2) is 11.2. The van der Waals surface area contributed by atoms with Crippen molar-refractivity contribution in [3.05, 3.63) is 52.0 Å². The first-order valence-electron chi connectivity index (χ1n) is 9.00. The molecule has 0 aliphatic rings. The number of halogens is 4. The molecular weight excluding hydrogens is 393 g/mol. The Balaban J connectivity index is 1.97. The van der Waals surface area contributed by atoms with Crippen LogP contribution in [0.15, 0.2) is 40.6 Å². The smallest absolute Gasteiger partial charge is 0.157 e. The average Bonchev–Trinajstić information content (AvgIpc) is 2.62. The van der Waals surface area contributed by atoms with E-state index in [1.165, 1.54) is 31.7 Å². The lowest BCUT2D eigenvalue weighted by Crippen LogP contribution is -1.97. The minimum absolute atomic E-state index is 0.132. The zero-order chi connectivity index (χ0) is 19.6. The van der Waals surface area contributed by atoms with Crippen LogP contribution in [0.3, 0.4) is 0 Å². The quantitative estimate of drug-likeness (QED) is 0.283. The van der Waals surface area contributed by atoms with Gasteiger partial charge in [-0.3, -0.25) is 0 Å². The molecule has 0 heterocycles. The molecule has 0 spiro atoms. The van der Waals surface area contributed by atoms with Crippen LogP contribution >= 0.6 is 23.2 Å². The topological polar surface area (TPSA) is 34.0 Å². The van der Waals surface area contributed by atoms with Crippen LogP contribution in [0, 0.1) is 11.6 Å². The van der Waals surface area contributed by atoms with Gasteiger partial charge in [0.2, 0.25) is 0 Å². The van der Waals surface area contributed by atoms with Crippen molar-refractivity contribution in [2.45, 2.75) is 45.4 Å². The van der Waals surface area contributed by atoms with E-state index in [4.69, 9.17) is 27.9 Å². The molecule has 0 bridgehead atoms. The summed E-state index contributed by atoms with van der Waals surface area (Å²) in [6.45, 7) is 2.76. The summed E-state index contributed by atoms with van der Waals surface area (Å²) in [6.07, 6.45) is 7.00. The van der Waals surface area contributed by atoms with Gasteiger partial charge in [0.1, 0.15) is 11.4 Å². The largest absolute Gasteiger partial charge is 0.493 e. The molecule has 0 amide bonds. The predicted octanol–water partition coefficient (Wildman–Crippen LogP) is 8.43. The molecule has 146 valence electrons. The SMILES string of the molecule is CCCCCCCCOc1cc(Cl)c(N=Nc2c(F)cccc2F)c(Cl)c1. The Morgan fingerprint density at radius 1 is 0.852 bits per heavy atom. The molecule has 0 aliphatic heterocycles. The number of unbranched alkanes of at least 4 members (excludes halogenated alkanes) is 5. The second-order valence-corrected chi connectivity index (χ2v) is 6.94. The zero-order valence-electron chi connectivity index (χ0n) is 15.2. The van der Waals surface area contributed by atoms with Crippen molar-refractivity contribution in [3.8, 4) is 5.75 Å². The predicted molar refractivity (Wildman–Crippen MR) is 106 cm³/mol. The maximum Gasteiger partial charge on any atom is 0.157 e. The van der Waals surface area contributed by atoms with E-state index in [0.29, 0.717) is 12.4 Å². The molecular formula is C20H22Cl2F2N2O. The second-order valence-electron chi connectivity index (χ2n) is 6.12. The van der Waals surface area contributed by atoms with Gasteiger partial charge in [0.25, 0.3) is 0 Å². The molecule has 0 radical (unpaired) electrons. The molecule has 0 N–H and O–H groups in total. The Morgan fingerprint density at radius 2 is 1.41 bits per heavy atom. The highest BCUT2D eigenvalue weighted by Gasteiger charge is 2.11. The summed E-state index contributed by atoms with van der Waals surface area (Å²) in [6, 6.07) is 6.58. The van der Waals surface area contributed by atoms with Gasteiger partial charge in [0.15, 0.2) is 17.3 Å². The van der Waals surface area contributed by atoms with Gasteiger partial charge in [-0.15, -0.1) is 10.2 Å². The van der Waals surface area contributed by atoms with Crippen molar-refractivity contribution in [3.63, 3.8) is 0 Å². The van der Waals surface area contributed by atoms with Gasteiger partial charge in [0.05, 0.1) is 16.7 Å². The molecule has 0 aromatic heterocycles. The molecule has 0 aliphatic carbocycles. The van der Waals surface area contributed by atoms with Crippen molar-refractivity contribution < 1.29 is 13.5 Å². The van der Waals surface area contributed by atoms with Gasteiger partial charge in [-0.05, 0) is 18.6 Å². The van der Waals surface area contributed by atoms with Crippen molar-refractivity contribution in [2.75, 3.05) is 6.61 Å². The molecule has 0 atom stereocenters. The van der Waals surface area contributed by atoms with Crippen molar-refractivity contribution in [2.24, 2.45) is 10.2 Å². The first-order valence-corrected chi connectivity index (χ1v) is 9.76. The first-order chi connectivity index (χ1) is 13.0. The van der Waals surface area contributed by atoms with Crippen LogP contribution in [0.25, 0.3) is 0 Å². The monoisotopic (exact) mass is 414 g/mol. The van der Waals surface area contributed by atoms with E-state index in [1.54, 1.807) is 12.1 Å². The van der Waals surface area contributed by atoms with E-state index in [1.807, 2.05) is 0 Å². The van der Waals surface area contributed by atoms with Gasteiger partial charge in [-0.1, -0.05) is 68.3 Å². The number of nitrogens with zero attached hydrogens (tertiary/aromatic N) is 2. The van der Waals surface area contributed by atoms with Crippen LogP contribution in [0.5, 0.6) is 5.75 Å². The minimum atomic E-state index is -0.815. The van der Waals surface area contributed by atoms with Gasteiger partial charge in [-0.2, -0.15) is 0 Å². The van der Waals surface area contributed by atoms with Crippen LogP contribution in [-0.4, -0.2) is 6.61 Å². The van der Waals surface area contributed by atoms with Crippen LogP contribution in [0.2, 0.25) is 10.0 Å². The summed E-state index contributed by atoms with van der Waals surface area (Å²) in [5.74, 6) is -1.11. The lowest BCUT2D eigenvalue weighted by molar-refractivity contribution is 0.304. The van der Waals surface area contributed by atoms with E-state index in [-0.39, 0.29) is 15.7 Å². The number of ether oxygens (including phenoxy) is 1. The van der Waals surface area contributed by atoms with Gasteiger partial charge < -0.3 is 4.74 Å². The van der Waals surface area contributed by atoms with Gasteiger partial charge in [-0.25, -0.2) is 8.78 Å². The number of hydrogen-bond donors (Lipinski definition) is 0. The van der Waals surface area contributed by atoms with Crippen LogP contribution in [0.1, 0.15) is 45.4 Å². The third-order valence-electron chi connectivity index (χ3n) is 3.94. The maximum atomic E-state index is 13.6. The van der Waals surface area contributed by atoms with Crippen LogP contribution in [-0.2, 0) is 0 Å². The van der Waals surface area contributed by atoms with E-state index in [0.717, 1.165) is 25.0 Å². The fourth-order valence-electron chi connectivity index (χ4n) is 2.48. The molecule has 27 heavy (non-hydrogen) atoms. The van der Waals surface area contributed by atoms with Crippen molar-refractivity contribution in [1.82, 2.24) is 0 Å². The number of rotatable bonds is 10. The summed E-state index contributed by atoms with van der Waals surface area (Å²) in [5.41, 5.74) is -0.360. The molecule has 7 heteroatoms. The first kappa shape index (κ1) is 21.6. The zero-order valence-corrected chi connectivity index (χ0v) is 16.7. The number of hydrogen-bond acceptors (Lipinski definition) is 3. The maximum absolute atomic E-state index is 13.6. The summed E-state index contributed by atoms with van der Waals surface area (Å²) in [5, 5.41) is 7.80. The summed E-state index contributed by atoms with van der Waals surface area (Å²) < 4.78 is 32.9. The minimum Gasteiger partial charge on any atom is -0.493 e. The van der Waals surface area contributed by atoms with E-state index in [9.17, 15) is 8.78 Å². The lowest BCUT2D eigenvalue weighted by Gasteiger charge is -2.09. The van der Waals surface area contributed by atoms with Gasteiger partial charge in [0, 0.05) is 12.1 Å². The Bertz CT molecular complexity index is 741. The summed E-state index contributed by atoms with van der Waals surface area (Å²) >= 11 is 12.3. The third kappa shape index (κ3) is 6.74. The summed E-state index contributed by atoms with van der Waals surface area (Å²) in [4.78, 5) is 0. The van der Waals surface area contributed by atoms with E-state index < -0.39 is 17.3 Å². The summed E-state index contributed by atoms with van der Waals surface area (Å²) in [7, 11) is 0. The van der Waals surface area contributed by atoms with E-state index >= 15 is 0 Å². The molecule has 2 rings (SSSR count). The Kier molecular flexibility index (Phi) is 8.95. The van der Waals surface area contributed by atoms with Crippen molar-refractivity contribution in [1.29, 1.82) is 0 Å². The highest BCUT2D eigenvalue weighted by Crippen LogP contribution is 2.38. The Hall–Kier alpha value is -1.72. The van der Waals surface area contributed by atoms with Crippen LogP contribution in [0.4, 0.5) is 20.2 Å². The Morgan fingerprint density at radius 3 is 2.04 bits per heavy atom. The van der Waals surface area contributed by atoms with Crippen LogP contribution < -0.4 is 4.74 Å². The molecule has 3 nitrogen and oxygen atoms in total. The number of azo groups is 1. The van der Waals surface area contributed by atoms with Gasteiger partial charge >= 0.3 is 0 Å². The molecule has 2 aromatic rings. The lowest BCUT2D eigenvalue weighted by atomic mass is 10.1. The van der Waals surface area contributed by atoms with E-state index in [2.05, 4.69) is 17.2 Å². The molecule has 0 fully saturated rings. The number of benzene rings is 2. The average molecular weight is 415 g/mol. The van der Waals surface area contributed by atoms with Crippen molar-refractivity contribution >= 4 is 34.6 Å².